The van der Waals surface area contributed by atoms with E-state index < -0.39 is 0 Å². The molecule has 2 aromatic heterocycles. The van der Waals surface area contributed by atoms with E-state index in [-0.39, 0.29) is 24.2 Å². The second-order valence-corrected chi connectivity index (χ2v) is 10.0. The summed E-state index contributed by atoms with van der Waals surface area (Å²) >= 11 is 0. The smallest absolute Gasteiger partial charge is 0.328 e. The number of hydrogen-bond donors (Lipinski definition) is 2. The van der Waals surface area contributed by atoms with Crippen molar-refractivity contribution in [3.05, 3.63) is 40.7 Å². The van der Waals surface area contributed by atoms with E-state index in [0.717, 1.165) is 49.6 Å². The highest BCUT2D eigenvalue weighted by Gasteiger charge is 2.32. The lowest BCUT2D eigenvalue weighted by Gasteiger charge is -2.30. The monoisotopic (exact) mass is 519 g/mol. The number of nitrogens with one attached hydrogen (secondary N) is 2. The Morgan fingerprint density at radius 1 is 1.34 bits per heavy atom. The van der Waals surface area contributed by atoms with Crippen molar-refractivity contribution >= 4 is 29.6 Å². The highest BCUT2D eigenvalue weighted by atomic mass is 16.5. The van der Waals surface area contributed by atoms with E-state index in [1.54, 1.807) is 18.1 Å². The van der Waals surface area contributed by atoms with Gasteiger partial charge in [0.05, 0.1) is 30.0 Å². The molecule has 2 aromatic rings. The summed E-state index contributed by atoms with van der Waals surface area (Å²) in [5.74, 6) is 0.824. The molecule has 2 unspecified atom stereocenters. The number of likely N-dealkylation sites (tertiary alicyclic amines) is 1. The summed E-state index contributed by atoms with van der Waals surface area (Å²) in [5.41, 5.74) is 3.15. The average molecular weight is 520 g/mol. The van der Waals surface area contributed by atoms with Gasteiger partial charge >= 0.3 is 6.03 Å². The van der Waals surface area contributed by atoms with Crippen LogP contribution in [-0.4, -0.2) is 78.8 Å². The van der Waals surface area contributed by atoms with E-state index in [0.29, 0.717) is 54.9 Å². The maximum atomic E-state index is 13.3. The van der Waals surface area contributed by atoms with Gasteiger partial charge in [0.2, 0.25) is 0 Å². The Hall–Kier alpha value is -3.59. The van der Waals surface area contributed by atoms with Crippen molar-refractivity contribution in [1.29, 1.82) is 5.26 Å². The van der Waals surface area contributed by atoms with E-state index >= 15 is 0 Å². The van der Waals surface area contributed by atoms with E-state index in [9.17, 15) is 14.9 Å². The largest absolute Gasteiger partial charge is 0.380 e. The highest BCUT2D eigenvalue weighted by Crippen LogP contribution is 2.30. The Labute approximate surface area is 222 Å². The van der Waals surface area contributed by atoms with E-state index in [1.165, 1.54) is 6.20 Å². The quantitative estimate of drug-likeness (QED) is 0.530. The normalized spacial score (nSPS) is 23.1. The van der Waals surface area contributed by atoms with Crippen LogP contribution in [0.4, 0.5) is 22.1 Å². The molecule has 38 heavy (non-hydrogen) atoms. The number of fused-ring (bicyclic) bond motifs is 1. The minimum Gasteiger partial charge on any atom is -0.380 e. The first kappa shape index (κ1) is 26.0. The van der Waals surface area contributed by atoms with Crippen LogP contribution in [-0.2, 0) is 22.4 Å². The van der Waals surface area contributed by atoms with Gasteiger partial charge in [-0.05, 0) is 49.8 Å². The number of aldehydes is 1. The van der Waals surface area contributed by atoms with Gasteiger partial charge < -0.3 is 14.8 Å². The fourth-order valence-corrected chi connectivity index (χ4v) is 5.49. The molecule has 3 aliphatic rings. The Kier molecular flexibility index (Phi) is 7.83. The molecule has 0 bridgehead atoms. The number of carbonyl (C=O) groups excluding carboxylic acids is 2. The summed E-state index contributed by atoms with van der Waals surface area (Å²) in [7, 11) is 1.73. The van der Waals surface area contributed by atoms with Crippen LogP contribution < -0.4 is 15.5 Å². The highest BCUT2D eigenvalue weighted by molar-refractivity contribution is 6.01. The van der Waals surface area contributed by atoms with Crippen molar-refractivity contribution in [2.24, 2.45) is 0 Å². The van der Waals surface area contributed by atoms with Crippen molar-refractivity contribution < 1.29 is 19.1 Å². The van der Waals surface area contributed by atoms with Crippen molar-refractivity contribution in [2.45, 2.75) is 57.3 Å². The minimum atomic E-state index is -0.383. The number of amides is 2. The molecule has 2 N–H and O–H groups in total. The van der Waals surface area contributed by atoms with Crippen LogP contribution >= 0.6 is 0 Å². The zero-order valence-corrected chi connectivity index (χ0v) is 21.8. The molecular weight excluding hydrogens is 486 g/mol. The molecule has 0 aromatic carbocycles. The molecule has 200 valence electrons. The number of rotatable bonds is 7. The molecule has 2 saturated heterocycles. The number of carbonyl (C=O) groups is 2. The fourth-order valence-electron chi connectivity index (χ4n) is 5.49. The molecule has 11 nitrogen and oxygen atoms in total. The van der Waals surface area contributed by atoms with Gasteiger partial charge in [0.1, 0.15) is 23.4 Å². The number of urea groups is 1. The predicted molar refractivity (Wildman–Crippen MR) is 141 cm³/mol. The lowest BCUT2D eigenvalue weighted by Crippen LogP contribution is -2.40. The maximum absolute atomic E-state index is 13.3. The molecule has 5 heterocycles. The molecule has 3 aliphatic heterocycles. The van der Waals surface area contributed by atoms with Gasteiger partial charge in [-0.15, -0.1) is 0 Å². The van der Waals surface area contributed by atoms with Crippen molar-refractivity contribution in [3.8, 4) is 6.07 Å². The number of aromatic nitrogens is 2. The predicted octanol–water partition coefficient (Wildman–Crippen LogP) is 2.96. The van der Waals surface area contributed by atoms with Gasteiger partial charge in [0.15, 0.2) is 6.29 Å². The van der Waals surface area contributed by atoms with Crippen LogP contribution in [0.2, 0.25) is 0 Å². The standard InChI is InChI=1S/C27H33N7O4/c1-17-24(37-2)5-8-33(17)14-19-10-18-4-3-7-34(26(18)31-23(19)15-35)27(36)32-25-11-22(20(12-28)13-29-25)30-21-6-9-38-16-21/h10-11,13,15,17,21,24H,3-9,14,16H2,1-2H3,(H2,29,30,32,36)/t17?,21-,24?/m1/s1. The fraction of sp³-hybridized carbons (Fsp3) is 0.519. The zero-order chi connectivity index (χ0) is 26.6. The number of pyridine rings is 2. The number of aryl methyl sites for hydroxylation is 1. The summed E-state index contributed by atoms with van der Waals surface area (Å²) in [6.45, 7) is 5.35. The lowest BCUT2D eigenvalue weighted by atomic mass is 10.0. The van der Waals surface area contributed by atoms with E-state index in [2.05, 4.69) is 38.5 Å². The number of hydrogen-bond acceptors (Lipinski definition) is 9. The molecule has 3 atom stereocenters. The van der Waals surface area contributed by atoms with Crippen LogP contribution in [0.25, 0.3) is 0 Å². The maximum Gasteiger partial charge on any atom is 0.328 e. The van der Waals surface area contributed by atoms with Gasteiger partial charge in [-0.3, -0.25) is 19.9 Å². The van der Waals surface area contributed by atoms with E-state index in [1.807, 2.05) is 6.07 Å². The summed E-state index contributed by atoms with van der Waals surface area (Å²) < 4.78 is 11.0. The van der Waals surface area contributed by atoms with Gasteiger partial charge in [-0.25, -0.2) is 14.8 Å². The average Bonchev–Trinajstić information content (AvgIpc) is 3.57. The minimum absolute atomic E-state index is 0.103. The first-order chi connectivity index (χ1) is 18.5. The number of nitrogens with zero attached hydrogens (tertiary/aromatic N) is 5. The Morgan fingerprint density at radius 3 is 2.92 bits per heavy atom. The van der Waals surface area contributed by atoms with Crippen molar-refractivity contribution in [2.75, 3.05) is 48.9 Å². The summed E-state index contributed by atoms with van der Waals surface area (Å²) in [6.07, 6.45) is 5.75. The zero-order valence-electron chi connectivity index (χ0n) is 21.8. The molecule has 0 saturated carbocycles. The van der Waals surface area contributed by atoms with Crippen LogP contribution in [0.15, 0.2) is 18.3 Å². The van der Waals surface area contributed by atoms with Gasteiger partial charge in [0.25, 0.3) is 0 Å². The van der Waals surface area contributed by atoms with Crippen molar-refractivity contribution in [3.63, 3.8) is 0 Å². The Morgan fingerprint density at radius 2 is 2.21 bits per heavy atom. The topological polar surface area (TPSA) is 133 Å². The molecule has 0 spiro atoms. The number of anilines is 3. The Balaban J connectivity index is 1.34. The molecule has 0 radical (unpaired) electrons. The molecule has 2 amide bonds. The first-order valence-electron chi connectivity index (χ1n) is 13.1. The first-order valence-corrected chi connectivity index (χ1v) is 13.1. The summed E-state index contributed by atoms with van der Waals surface area (Å²) in [4.78, 5) is 38.1. The molecule has 0 aliphatic carbocycles. The molecule has 11 heteroatoms. The van der Waals surface area contributed by atoms with Crippen LogP contribution in [0.3, 0.4) is 0 Å². The molecule has 5 rings (SSSR count). The summed E-state index contributed by atoms with van der Waals surface area (Å²) in [6, 6.07) is 5.79. The molecule has 2 fully saturated rings. The third-order valence-electron chi connectivity index (χ3n) is 7.67. The van der Waals surface area contributed by atoms with Gasteiger partial charge in [0, 0.05) is 51.7 Å². The SMILES string of the molecule is COC1CCN(Cc2cc3c(nc2C=O)N(C(=O)Nc2cc(N[C@@H]4CCOC4)c(C#N)cn2)CCC3)C1C. The summed E-state index contributed by atoms with van der Waals surface area (Å²) in [5, 5.41) is 15.6. The van der Waals surface area contributed by atoms with Crippen LogP contribution in [0, 0.1) is 11.3 Å². The number of ether oxygens (including phenoxy) is 2. The second-order valence-electron chi connectivity index (χ2n) is 10.0. The third kappa shape index (κ3) is 5.34. The number of methoxy groups -OCH3 is 1. The molecular formula is C27H33N7O4. The van der Waals surface area contributed by atoms with Gasteiger partial charge in [-0.1, -0.05) is 0 Å². The second kappa shape index (κ2) is 11.4. The third-order valence-corrected chi connectivity index (χ3v) is 7.67. The van der Waals surface area contributed by atoms with Crippen LogP contribution in [0.1, 0.15) is 53.4 Å². The lowest BCUT2D eigenvalue weighted by molar-refractivity contribution is 0.0712. The number of nitriles is 1. The Bertz CT molecular complexity index is 1240. The van der Waals surface area contributed by atoms with Gasteiger partial charge in [-0.2, -0.15) is 5.26 Å². The van der Waals surface area contributed by atoms with Crippen LogP contribution in [0.5, 0.6) is 0 Å². The van der Waals surface area contributed by atoms with Crippen molar-refractivity contribution in [1.82, 2.24) is 14.9 Å². The van der Waals surface area contributed by atoms with E-state index in [4.69, 9.17) is 9.47 Å².